The van der Waals surface area contributed by atoms with Gasteiger partial charge in [-0.1, -0.05) is 30.7 Å². The summed E-state index contributed by atoms with van der Waals surface area (Å²) in [5.41, 5.74) is 1.74. The van der Waals surface area contributed by atoms with Gasteiger partial charge in [-0.05, 0) is 30.4 Å². The first-order valence-electron chi connectivity index (χ1n) is 7.29. The number of aliphatic hydroxyl groups is 1. The van der Waals surface area contributed by atoms with Crippen LogP contribution in [-0.4, -0.2) is 22.1 Å². The fourth-order valence-corrected chi connectivity index (χ4v) is 2.82. The molecule has 2 unspecified atom stereocenters. The largest absolute Gasteiger partial charge is 0.481 e. The van der Waals surface area contributed by atoms with Crippen molar-refractivity contribution in [2.24, 2.45) is 11.8 Å². The van der Waals surface area contributed by atoms with Gasteiger partial charge in [0.15, 0.2) is 0 Å². The van der Waals surface area contributed by atoms with E-state index in [9.17, 15) is 9.59 Å². The van der Waals surface area contributed by atoms with Crippen LogP contribution in [0, 0.1) is 11.8 Å². The number of carboxylic acids is 1. The second-order valence-electron chi connectivity index (χ2n) is 5.59. The van der Waals surface area contributed by atoms with E-state index in [1.807, 2.05) is 24.3 Å². The number of benzene rings is 1. The number of rotatable bonds is 5. The van der Waals surface area contributed by atoms with Crippen LogP contribution >= 0.6 is 0 Å². The number of carbonyl (C=O) groups excluding carboxylic acids is 1. The van der Waals surface area contributed by atoms with Crippen molar-refractivity contribution in [2.75, 3.05) is 0 Å². The third-order valence-corrected chi connectivity index (χ3v) is 4.03. The molecule has 5 heteroatoms. The van der Waals surface area contributed by atoms with E-state index in [2.05, 4.69) is 5.32 Å². The van der Waals surface area contributed by atoms with Crippen molar-refractivity contribution in [1.29, 1.82) is 0 Å². The van der Waals surface area contributed by atoms with Crippen LogP contribution < -0.4 is 5.32 Å². The fourth-order valence-electron chi connectivity index (χ4n) is 2.82. The van der Waals surface area contributed by atoms with Gasteiger partial charge in [-0.2, -0.15) is 0 Å². The zero-order valence-electron chi connectivity index (χ0n) is 11.9. The molecule has 5 nitrogen and oxygen atoms in total. The van der Waals surface area contributed by atoms with Crippen molar-refractivity contribution in [3.8, 4) is 0 Å². The third kappa shape index (κ3) is 4.29. The van der Waals surface area contributed by atoms with E-state index >= 15 is 0 Å². The number of nitrogens with one attached hydrogen (secondary N) is 1. The van der Waals surface area contributed by atoms with Gasteiger partial charge in [-0.3, -0.25) is 9.59 Å². The summed E-state index contributed by atoms with van der Waals surface area (Å²) in [5, 5.41) is 21.0. The Hall–Kier alpha value is -1.88. The number of hydrogen-bond acceptors (Lipinski definition) is 3. The molecule has 0 aliphatic heterocycles. The predicted octanol–water partition coefficient (Wildman–Crippen LogP) is 1.69. The van der Waals surface area contributed by atoms with Crippen LogP contribution in [0.2, 0.25) is 0 Å². The fraction of sp³-hybridized carbons (Fsp3) is 0.500. The maximum absolute atomic E-state index is 12.1. The molecule has 2 atom stereocenters. The zero-order chi connectivity index (χ0) is 15.2. The van der Waals surface area contributed by atoms with Gasteiger partial charge < -0.3 is 15.5 Å². The summed E-state index contributed by atoms with van der Waals surface area (Å²) in [5.74, 6) is -1.48. The smallest absolute Gasteiger partial charge is 0.306 e. The van der Waals surface area contributed by atoms with E-state index in [1.54, 1.807) is 0 Å². The SMILES string of the molecule is O=C(O)C1CCCC(C(=O)NCc2cccc(CO)c2)C1. The molecular weight excluding hydrogens is 270 g/mol. The first kappa shape index (κ1) is 15.5. The molecule has 1 saturated carbocycles. The van der Waals surface area contributed by atoms with E-state index in [0.717, 1.165) is 24.0 Å². The zero-order valence-corrected chi connectivity index (χ0v) is 11.9. The normalized spacial score (nSPS) is 21.8. The minimum absolute atomic E-state index is 0.0231. The van der Waals surface area contributed by atoms with Gasteiger partial charge in [0.1, 0.15) is 0 Å². The summed E-state index contributed by atoms with van der Waals surface area (Å²) in [7, 11) is 0. The van der Waals surface area contributed by atoms with Crippen molar-refractivity contribution in [1.82, 2.24) is 5.32 Å². The van der Waals surface area contributed by atoms with Crippen LogP contribution in [0.25, 0.3) is 0 Å². The number of carboxylic acid groups (broad SMARTS) is 1. The number of aliphatic carboxylic acids is 1. The highest BCUT2D eigenvalue weighted by atomic mass is 16.4. The highest BCUT2D eigenvalue weighted by Crippen LogP contribution is 2.29. The average Bonchev–Trinajstić information content (AvgIpc) is 2.53. The average molecular weight is 291 g/mol. The Morgan fingerprint density at radius 3 is 2.62 bits per heavy atom. The lowest BCUT2D eigenvalue weighted by Gasteiger charge is -2.25. The van der Waals surface area contributed by atoms with E-state index < -0.39 is 11.9 Å². The molecule has 114 valence electrons. The molecule has 1 aromatic rings. The van der Waals surface area contributed by atoms with Crippen LogP contribution in [0.5, 0.6) is 0 Å². The van der Waals surface area contributed by atoms with E-state index in [0.29, 0.717) is 19.4 Å². The van der Waals surface area contributed by atoms with Crippen molar-refractivity contribution < 1.29 is 19.8 Å². The van der Waals surface area contributed by atoms with Gasteiger partial charge in [0.05, 0.1) is 12.5 Å². The molecule has 0 aromatic heterocycles. The maximum atomic E-state index is 12.1. The Balaban J connectivity index is 1.87. The predicted molar refractivity (Wildman–Crippen MR) is 77.3 cm³/mol. The van der Waals surface area contributed by atoms with Crippen molar-refractivity contribution in [3.63, 3.8) is 0 Å². The van der Waals surface area contributed by atoms with Crippen molar-refractivity contribution >= 4 is 11.9 Å². The van der Waals surface area contributed by atoms with Gasteiger partial charge in [-0.25, -0.2) is 0 Å². The van der Waals surface area contributed by atoms with E-state index in [1.165, 1.54) is 0 Å². The topological polar surface area (TPSA) is 86.6 Å². The first-order chi connectivity index (χ1) is 10.1. The quantitative estimate of drug-likeness (QED) is 0.770. The van der Waals surface area contributed by atoms with E-state index in [-0.39, 0.29) is 18.4 Å². The Bertz CT molecular complexity index is 515. The third-order valence-electron chi connectivity index (χ3n) is 4.03. The summed E-state index contributed by atoms with van der Waals surface area (Å²) in [6, 6.07) is 7.40. The van der Waals surface area contributed by atoms with Gasteiger partial charge in [-0.15, -0.1) is 0 Å². The number of aliphatic hydroxyl groups excluding tert-OH is 1. The highest BCUT2D eigenvalue weighted by molar-refractivity contribution is 5.80. The molecule has 3 N–H and O–H groups in total. The summed E-state index contributed by atoms with van der Waals surface area (Å²) in [6.45, 7) is 0.381. The number of hydrogen-bond donors (Lipinski definition) is 3. The van der Waals surface area contributed by atoms with Crippen molar-refractivity contribution in [3.05, 3.63) is 35.4 Å². The van der Waals surface area contributed by atoms with Crippen LogP contribution in [-0.2, 0) is 22.7 Å². The second-order valence-corrected chi connectivity index (χ2v) is 5.59. The van der Waals surface area contributed by atoms with Gasteiger partial charge in [0.2, 0.25) is 5.91 Å². The van der Waals surface area contributed by atoms with Gasteiger partial charge >= 0.3 is 5.97 Å². The lowest BCUT2D eigenvalue weighted by atomic mass is 9.81. The monoisotopic (exact) mass is 291 g/mol. The molecule has 1 amide bonds. The Labute approximate surface area is 124 Å². The molecule has 1 aliphatic carbocycles. The molecule has 0 saturated heterocycles. The van der Waals surface area contributed by atoms with Crippen LogP contribution in [0.3, 0.4) is 0 Å². The van der Waals surface area contributed by atoms with Gasteiger partial charge in [0, 0.05) is 12.5 Å². The summed E-state index contributed by atoms with van der Waals surface area (Å²) in [6.07, 6.45) is 2.64. The number of amides is 1. The van der Waals surface area contributed by atoms with Crippen LogP contribution in [0.1, 0.15) is 36.8 Å². The lowest BCUT2D eigenvalue weighted by Crippen LogP contribution is -2.35. The molecule has 1 aliphatic rings. The molecule has 1 fully saturated rings. The standard InChI is InChI=1S/C16H21NO4/c18-10-12-4-1-3-11(7-12)9-17-15(19)13-5-2-6-14(8-13)16(20)21/h1,3-4,7,13-14,18H,2,5-6,8-10H2,(H,17,19)(H,20,21). The molecule has 0 spiro atoms. The van der Waals surface area contributed by atoms with Gasteiger partial charge in [0.25, 0.3) is 0 Å². The molecular formula is C16H21NO4. The van der Waals surface area contributed by atoms with Crippen molar-refractivity contribution in [2.45, 2.75) is 38.8 Å². The van der Waals surface area contributed by atoms with Crippen LogP contribution in [0.4, 0.5) is 0 Å². The molecule has 0 radical (unpaired) electrons. The summed E-state index contributed by atoms with van der Waals surface area (Å²) in [4.78, 5) is 23.2. The minimum atomic E-state index is -0.803. The second kappa shape index (κ2) is 7.22. The summed E-state index contributed by atoms with van der Waals surface area (Å²) >= 11 is 0. The summed E-state index contributed by atoms with van der Waals surface area (Å²) < 4.78 is 0. The molecule has 21 heavy (non-hydrogen) atoms. The first-order valence-corrected chi connectivity index (χ1v) is 7.29. The van der Waals surface area contributed by atoms with Crippen LogP contribution in [0.15, 0.2) is 24.3 Å². The Morgan fingerprint density at radius 2 is 1.90 bits per heavy atom. The van der Waals surface area contributed by atoms with E-state index in [4.69, 9.17) is 10.2 Å². The minimum Gasteiger partial charge on any atom is -0.481 e. The molecule has 0 bridgehead atoms. The molecule has 1 aromatic carbocycles. The molecule has 0 heterocycles. The number of carbonyl (C=O) groups is 2. The highest BCUT2D eigenvalue weighted by Gasteiger charge is 2.30. The molecule has 2 rings (SSSR count). The lowest BCUT2D eigenvalue weighted by molar-refractivity contribution is -0.144. The maximum Gasteiger partial charge on any atom is 0.306 e. The Kier molecular flexibility index (Phi) is 5.33. The Morgan fingerprint density at radius 1 is 1.19 bits per heavy atom.